The van der Waals surface area contributed by atoms with Gasteiger partial charge < -0.3 is 20.0 Å². The summed E-state index contributed by atoms with van der Waals surface area (Å²) in [6.45, 7) is 4.99. The van der Waals surface area contributed by atoms with Gasteiger partial charge >= 0.3 is 11.8 Å². The maximum Gasteiger partial charge on any atom is 0.313 e. The number of para-hydroxylation sites is 1. The van der Waals surface area contributed by atoms with Crippen LogP contribution in [0.2, 0.25) is 0 Å². The van der Waals surface area contributed by atoms with Crippen molar-refractivity contribution in [2.45, 2.75) is 26.3 Å². The Morgan fingerprint density at radius 3 is 2.53 bits per heavy atom. The quantitative estimate of drug-likeness (QED) is 0.636. The molecule has 2 amide bonds. The first-order valence-electron chi connectivity index (χ1n) is 10.1. The zero-order chi connectivity index (χ0) is 21.1. The average Bonchev–Trinajstić information content (AvgIpc) is 3.38. The van der Waals surface area contributed by atoms with Gasteiger partial charge in [0.05, 0.1) is 6.26 Å². The van der Waals surface area contributed by atoms with Crippen LogP contribution in [0.25, 0.3) is 0 Å². The van der Waals surface area contributed by atoms with Crippen molar-refractivity contribution in [1.29, 1.82) is 0 Å². The summed E-state index contributed by atoms with van der Waals surface area (Å²) >= 11 is 0. The Morgan fingerprint density at radius 2 is 1.80 bits per heavy atom. The van der Waals surface area contributed by atoms with Gasteiger partial charge in [-0.1, -0.05) is 24.3 Å². The Kier molecular flexibility index (Phi) is 5.57. The highest BCUT2D eigenvalue weighted by Crippen LogP contribution is 2.34. The molecule has 0 aliphatic carbocycles. The highest BCUT2D eigenvalue weighted by molar-refractivity contribution is 6.39. The van der Waals surface area contributed by atoms with Crippen LogP contribution in [0.3, 0.4) is 0 Å². The Hall–Kier alpha value is -3.54. The Morgan fingerprint density at radius 1 is 1.03 bits per heavy atom. The third-order valence-electron chi connectivity index (χ3n) is 5.31. The molecule has 1 atom stereocenters. The number of carbonyl (C=O) groups excluding carboxylic acids is 2. The van der Waals surface area contributed by atoms with Crippen LogP contribution >= 0.6 is 0 Å². The lowest BCUT2D eigenvalue weighted by atomic mass is 10.1. The predicted molar refractivity (Wildman–Crippen MR) is 116 cm³/mol. The van der Waals surface area contributed by atoms with Crippen molar-refractivity contribution in [2.75, 3.05) is 23.3 Å². The topological polar surface area (TPSA) is 74.6 Å². The zero-order valence-corrected chi connectivity index (χ0v) is 17.1. The van der Waals surface area contributed by atoms with Gasteiger partial charge in [0.1, 0.15) is 11.8 Å². The minimum atomic E-state index is -0.681. The van der Waals surface area contributed by atoms with E-state index >= 15 is 0 Å². The number of rotatable bonds is 5. The summed E-state index contributed by atoms with van der Waals surface area (Å²) in [5.41, 5.74) is 5.07. The van der Waals surface area contributed by atoms with E-state index in [1.807, 2.05) is 56.3 Å². The van der Waals surface area contributed by atoms with Crippen LogP contribution in [-0.2, 0) is 16.0 Å². The van der Waals surface area contributed by atoms with E-state index < -0.39 is 11.8 Å². The minimum absolute atomic E-state index is 0.193. The Bertz CT molecular complexity index is 1040. The molecule has 0 bridgehead atoms. The van der Waals surface area contributed by atoms with Crippen LogP contribution in [0.1, 0.15) is 28.5 Å². The molecule has 4 rings (SSSR count). The van der Waals surface area contributed by atoms with Crippen molar-refractivity contribution < 1.29 is 14.0 Å². The molecule has 0 radical (unpaired) electrons. The highest BCUT2D eigenvalue weighted by Gasteiger charge is 2.29. The van der Waals surface area contributed by atoms with Gasteiger partial charge in [-0.05, 0) is 67.3 Å². The van der Waals surface area contributed by atoms with Crippen LogP contribution < -0.4 is 15.5 Å². The molecule has 1 aliphatic heterocycles. The van der Waals surface area contributed by atoms with E-state index in [1.165, 1.54) is 5.56 Å². The van der Waals surface area contributed by atoms with Crippen LogP contribution in [0.5, 0.6) is 0 Å². The number of aryl methyl sites for hydroxylation is 2. The predicted octanol–water partition coefficient (Wildman–Crippen LogP) is 3.76. The van der Waals surface area contributed by atoms with E-state index in [-0.39, 0.29) is 12.6 Å². The Balaban J connectivity index is 1.45. The molecule has 0 fully saturated rings. The van der Waals surface area contributed by atoms with Crippen LogP contribution in [0, 0.1) is 13.8 Å². The second kappa shape index (κ2) is 8.45. The molecule has 6 nitrogen and oxygen atoms in total. The average molecular weight is 403 g/mol. The highest BCUT2D eigenvalue weighted by atomic mass is 16.3. The number of hydrogen-bond acceptors (Lipinski definition) is 4. The van der Waals surface area contributed by atoms with Gasteiger partial charge in [-0.2, -0.15) is 0 Å². The molecule has 0 spiro atoms. The molecular formula is C24H25N3O3. The SMILES string of the molecule is Cc1cc(C)cc(NC(=O)C(=O)NC[C@H](c2ccco2)N2CCc3ccccc32)c1. The third-order valence-corrected chi connectivity index (χ3v) is 5.31. The van der Waals surface area contributed by atoms with Gasteiger partial charge in [0.2, 0.25) is 0 Å². The summed E-state index contributed by atoms with van der Waals surface area (Å²) in [6, 6.07) is 17.5. The molecule has 3 aromatic rings. The fourth-order valence-corrected chi connectivity index (χ4v) is 4.04. The van der Waals surface area contributed by atoms with E-state index in [0.717, 1.165) is 35.5 Å². The van der Waals surface area contributed by atoms with Crippen molar-refractivity contribution in [2.24, 2.45) is 0 Å². The molecule has 0 saturated heterocycles. The molecule has 1 aliphatic rings. The van der Waals surface area contributed by atoms with E-state index in [4.69, 9.17) is 4.42 Å². The number of fused-ring (bicyclic) bond motifs is 1. The van der Waals surface area contributed by atoms with Crippen molar-refractivity contribution in [3.63, 3.8) is 0 Å². The van der Waals surface area contributed by atoms with E-state index in [1.54, 1.807) is 6.26 Å². The zero-order valence-electron chi connectivity index (χ0n) is 17.1. The number of furan rings is 1. The number of carbonyl (C=O) groups is 2. The second-order valence-electron chi connectivity index (χ2n) is 7.64. The molecular weight excluding hydrogens is 378 g/mol. The molecule has 6 heteroatoms. The minimum Gasteiger partial charge on any atom is -0.467 e. The van der Waals surface area contributed by atoms with Crippen molar-refractivity contribution in [1.82, 2.24) is 5.32 Å². The first kappa shape index (κ1) is 19.8. The molecule has 30 heavy (non-hydrogen) atoms. The number of nitrogens with one attached hydrogen (secondary N) is 2. The van der Waals surface area contributed by atoms with Crippen molar-refractivity contribution in [3.8, 4) is 0 Å². The summed E-state index contributed by atoms with van der Waals surface area (Å²) in [5, 5.41) is 5.45. The fourth-order valence-electron chi connectivity index (χ4n) is 4.04. The first-order chi connectivity index (χ1) is 14.5. The molecule has 0 unspecified atom stereocenters. The fraction of sp³-hybridized carbons (Fsp3) is 0.250. The summed E-state index contributed by atoms with van der Waals surface area (Å²) in [6.07, 6.45) is 2.56. The van der Waals surface area contributed by atoms with Gasteiger partial charge in [-0.15, -0.1) is 0 Å². The van der Waals surface area contributed by atoms with E-state index in [9.17, 15) is 9.59 Å². The van der Waals surface area contributed by atoms with Gasteiger partial charge in [-0.25, -0.2) is 0 Å². The number of hydrogen-bond donors (Lipinski definition) is 2. The molecule has 154 valence electrons. The second-order valence-corrected chi connectivity index (χ2v) is 7.64. The molecule has 2 N–H and O–H groups in total. The maximum atomic E-state index is 12.5. The number of anilines is 2. The van der Waals surface area contributed by atoms with Gasteiger partial charge in [0, 0.05) is 24.5 Å². The van der Waals surface area contributed by atoms with Gasteiger partial charge in [0.25, 0.3) is 0 Å². The summed E-state index contributed by atoms with van der Waals surface area (Å²) < 4.78 is 5.64. The molecule has 1 aromatic heterocycles. The van der Waals surface area contributed by atoms with Crippen LogP contribution in [0.15, 0.2) is 65.3 Å². The van der Waals surface area contributed by atoms with Crippen LogP contribution in [0.4, 0.5) is 11.4 Å². The van der Waals surface area contributed by atoms with Crippen molar-refractivity contribution >= 4 is 23.2 Å². The first-order valence-corrected chi connectivity index (χ1v) is 10.1. The van der Waals surface area contributed by atoms with Gasteiger partial charge in [0.15, 0.2) is 0 Å². The van der Waals surface area contributed by atoms with E-state index in [2.05, 4.69) is 27.7 Å². The Labute approximate surface area is 175 Å². The number of nitrogens with zero attached hydrogens (tertiary/aromatic N) is 1. The molecule has 2 aromatic carbocycles. The number of amides is 2. The standard InChI is InChI=1S/C24H25N3O3/c1-16-12-17(2)14-19(13-16)26-24(29)23(28)25-15-21(22-8-5-11-30-22)27-10-9-18-6-3-4-7-20(18)27/h3-8,11-14,21H,9-10,15H2,1-2H3,(H,25,28)(H,26,29)/t21-/m1/s1. The summed E-state index contributed by atoms with van der Waals surface area (Å²) in [7, 11) is 0. The molecule has 2 heterocycles. The lowest BCUT2D eigenvalue weighted by Crippen LogP contribution is -2.41. The maximum absolute atomic E-state index is 12.5. The molecule has 0 saturated carbocycles. The lowest BCUT2D eigenvalue weighted by molar-refractivity contribution is -0.136. The van der Waals surface area contributed by atoms with E-state index in [0.29, 0.717) is 5.69 Å². The smallest absolute Gasteiger partial charge is 0.313 e. The van der Waals surface area contributed by atoms with Crippen molar-refractivity contribution in [3.05, 3.63) is 83.3 Å². The van der Waals surface area contributed by atoms with Gasteiger partial charge in [-0.3, -0.25) is 9.59 Å². The lowest BCUT2D eigenvalue weighted by Gasteiger charge is -2.29. The summed E-state index contributed by atoms with van der Waals surface area (Å²) in [5.74, 6) is -0.597. The summed E-state index contributed by atoms with van der Waals surface area (Å²) in [4.78, 5) is 27.1. The monoisotopic (exact) mass is 403 g/mol. The van der Waals surface area contributed by atoms with Crippen LogP contribution in [-0.4, -0.2) is 24.9 Å². The number of benzene rings is 2. The third kappa shape index (κ3) is 4.22. The largest absolute Gasteiger partial charge is 0.467 e. The normalized spacial score (nSPS) is 13.6.